The minimum absolute atomic E-state index is 0.115. The van der Waals surface area contributed by atoms with Gasteiger partial charge in [0.1, 0.15) is 28.6 Å². The molecule has 0 radical (unpaired) electrons. The molecule has 0 amide bonds. The van der Waals surface area contributed by atoms with Crippen molar-refractivity contribution >= 4 is 28.9 Å². The van der Waals surface area contributed by atoms with Crippen molar-refractivity contribution in [3.8, 4) is 17.2 Å². The molecule has 2 aliphatic carbocycles. The average molecular weight is 651 g/mol. The van der Waals surface area contributed by atoms with Crippen LogP contribution in [0.4, 0.5) is 0 Å². The van der Waals surface area contributed by atoms with Crippen molar-refractivity contribution in [2.24, 2.45) is 45.3 Å². The third-order valence-electron chi connectivity index (χ3n) is 11.5. The number of benzene rings is 1. The van der Waals surface area contributed by atoms with Gasteiger partial charge in [-0.05, 0) is 67.2 Å². The smallest absolute Gasteiger partial charge is 0.230 e. The van der Waals surface area contributed by atoms with E-state index in [9.17, 15) is 34.2 Å². The molecule has 0 bridgehead atoms. The second-order valence-corrected chi connectivity index (χ2v) is 17.2. The summed E-state index contributed by atoms with van der Waals surface area (Å²) >= 11 is 0. The van der Waals surface area contributed by atoms with Crippen molar-refractivity contribution in [3.05, 3.63) is 28.0 Å². The Kier molecular flexibility index (Phi) is 7.52. The summed E-state index contributed by atoms with van der Waals surface area (Å²) in [5, 5.41) is 24.8. The van der Waals surface area contributed by atoms with Crippen LogP contribution in [-0.2, 0) is 19.2 Å². The minimum Gasteiger partial charge on any atom is -0.507 e. The highest BCUT2D eigenvalue weighted by atomic mass is 16.6. The Labute approximate surface area is 277 Å². The van der Waals surface area contributed by atoms with E-state index < -0.39 is 80.0 Å². The molecular weight excluding hydrogens is 600 g/mol. The SMILES string of the molecule is CC(C)C(=O)c1c(O)c2c(c3c1OC1(O)C(C(=O)C(C)(C)C(=O)C1(C)C)C3C(C)C)OC1=C(C(=O)C(C)(C)C(=O)C1(C)C)C2C(C)C. The van der Waals surface area contributed by atoms with Crippen molar-refractivity contribution in [2.45, 2.75) is 115 Å². The number of carbonyl (C=O) groups excluding carboxylic acids is 5. The van der Waals surface area contributed by atoms with Gasteiger partial charge in [-0.25, -0.2) is 0 Å². The molecule has 2 aliphatic heterocycles. The first kappa shape index (κ1) is 35.0. The molecule has 4 aliphatic rings. The van der Waals surface area contributed by atoms with Crippen molar-refractivity contribution in [2.75, 3.05) is 0 Å². The van der Waals surface area contributed by atoms with E-state index in [4.69, 9.17) is 9.47 Å². The maximum atomic E-state index is 14.4. The van der Waals surface area contributed by atoms with Gasteiger partial charge in [0.2, 0.25) is 5.79 Å². The number of carbonyl (C=O) groups is 5. The largest absolute Gasteiger partial charge is 0.507 e. The van der Waals surface area contributed by atoms with Crippen molar-refractivity contribution in [1.82, 2.24) is 0 Å². The molecule has 2 N–H and O–H groups in total. The summed E-state index contributed by atoms with van der Waals surface area (Å²) in [5.41, 5.74) is -5.07. The number of ketones is 5. The van der Waals surface area contributed by atoms with Gasteiger partial charge >= 0.3 is 0 Å². The summed E-state index contributed by atoms with van der Waals surface area (Å²) in [4.78, 5) is 70.4. The number of allylic oxidation sites excluding steroid dienone is 2. The summed E-state index contributed by atoms with van der Waals surface area (Å²) in [6.07, 6.45) is 0. The van der Waals surface area contributed by atoms with Gasteiger partial charge in [-0.1, -0.05) is 41.5 Å². The number of phenols is 1. The first-order valence-corrected chi connectivity index (χ1v) is 16.7. The van der Waals surface area contributed by atoms with Crippen LogP contribution in [0.1, 0.15) is 130 Å². The zero-order valence-electron chi connectivity index (χ0n) is 30.2. The molecule has 256 valence electrons. The molecule has 0 spiro atoms. The van der Waals surface area contributed by atoms with Crippen LogP contribution >= 0.6 is 0 Å². The summed E-state index contributed by atoms with van der Waals surface area (Å²) in [6.45, 7) is 23.7. The summed E-state index contributed by atoms with van der Waals surface area (Å²) in [6, 6.07) is 0. The number of hydrogen-bond acceptors (Lipinski definition) is 9. The van der Waals surface area contributed by atoms with Gasteiger partial charge in [0.15, 0.2) is 28.9 Å². The second kappa shape index (κ2) is 10.1. The molecule has 0 saturated heterocycles. The van der Waals surface area contributed by atoms with Crippen LogP contribution in [-0.4, -0.2) is 44.9 Å². The lowest BCUT2D eigenvalue weighted by molar-refractivity contribution is -0.264. The first-order chi connectivity index (χ1) is 21.2. The predicted molar refractivity (Wildman–Crippen MR) is 174 cm³/mol. The van der Waals surface area contributed by atoms with Gasteiger partial charge in [-0.2, -0.15) is 0 Å². The van der Waals surface area contributed by atoms with Crippen LogP contribution in [0.2, 0.25) is 0 Å². The van der Waals surface area contributed by atoms with E-state index in [-0.39, 0.29) is 51.6 Å². The van der Waals surface area contributed by atoms with E-state index in [1.165, 1.54) is 13.8 Å². The lowest BCUT2D eigenvalue weighted by Crippen LogP contribution is -2.72. The van der Waals surface area contributed by atoms with Crippen molar-refractivity contribution in [1.29, 1.82) is 0 Å². The standard InChI is InChI=1S/C38H50O9/c1-15(2)18-20-26(40)23(25(39)17(5)6)28-21(27(20)46-31-22(18)29(41)34(7,8)32(43)36(31,11)12)19(16(3)4)24-30(42)35(9,10)33(44)37(13,14)38(24,45)47-28/h15-19,24,40,45H,1-14H3. The Morgan fingerprint density at radius 1 is 0.745 bits per heavy atom. The number of aromatic hydroxyl groups is 1. The molecule has 47 heavy (non-hydrogen) atoms. The number of hydrogen-bond donors (Lipinski definition) is 2. The zero-order chi connectivity index (χ0) is 35.9. The number of ether oxygens (including phenoxy) is 2. The first-order valence-electron chi connectivity index (χ1n) is 16.7. The summed E-state index contributed by atoms with van der Waals surface area (Å²) < 4.78 is 13.2. The fourth-order valence-electron chi connectivity index (χ4n) is 8.85. The van der Waals surface area contributed by atoms with Gasteiger partial charge in [-0.15, -0.1) is 0 Å². The molecule has 0 aromatic heterocycles. The van der Waals surface area contributed by atoms with Crippen LogP contribution in [0.15, 0.2) is 11.3 Å². The van der Waals surface area contributed by atoms with Crippen molar-refractivity contribution < 1.29 is 43.7 Å². The molecule has 1 fully saturated rings. The lowest BCUT2D eigenvalue weighted by atomic mass is 9.51. The molecule has 1 saturated carbocycles. The number of aliphatic hydroxyl groups is 1. The highest BCUT2D eigenvalue weighted by Crippen LogP contribution is 2.66. The minimum atomic E-state index is -2.37. The Morgan fingerprint density at radius 3 is 1.79 bits per heavy atom. The molecule has 2 heterocycles. The van der Waals surface area contributed by atoms with E-state index in [0.717, 1.165) is 0 Å². The third kappa shape index (κ3) is 4.13. The normalized spacial score (nSPS) is 30.0. The van der Waals surface area contributed by atoms with Crippen LogP contribution in [0.5, 0.6) is 17.2 Å². The molecule has 9 heteroatoms. The van der Waals surface area contributed by atoms with Gasteiger partial charge < -0.3 is 19.7 Å². The summed E-state index contributed by atoms with van der Waals surface area (Å²) in [7, 11) is 0. The molecule has 5 rings (SSSR count). The van der Waals surface area contributed by atoms with E-state index in [2.05, 4.69) is 0 Å². The quantitative estimate of drug-likeness (QED) is 0.277. The van der Waals surface area contributed by atoms with E-state index >= 15 is 0 Å². The lowest BCUT2D eigenvalue weighted by Gasteiger charge is -2.58. The Morgan fingerprint density at radius 2 is 1.30 bits per heavy atom. The zero-order valence-corrected chi connectivity index (χ0v) is 30.2. The Bertz CT molecular complexity index is 1700. The topological polar surface area (TPSA) is 144 Å². The highest BCUT2D eigenvalue weighted by Gasteiger charge is 2.72. The predicted octanol–water partition coefficient (Wildman–Crippen LogP) is 6.46. The molecule has 4 atom stereocenters. The average Bonchev–Trinajstić information content (AvgIpc) is 2.96. The summed E-state index contributed by atoms with van der Waals surface area (Å²) in [5.74, 6) is -9.09. The van der Waals surface area contributed by atoms with Gasteiger partial charge in [0.25, 0.3) is 0 Å². The Balaban J connectivity index is 2.00. The fraction of sp³-hybridized carbons (Fsp3) is 0.658. The number of fused-ring (bicyclic) bond motifs is 4. The van der Waals surface area contributed by atoms with Crippen LogP contribution in [0.25, 0.3) is 0 Å². The second-order valence-electron chi connectivity index (χ2n) is 17.2. The third-order valence-corrected chi connectivity index (χ3v) is 11.5. The molecular formula is C38H50O9. The Hall–Kier alpha value is -3.33. The van der Waals surface area contributed by atoms with Gasteiger partial charge in [0, 0.05) is 34.5 Å². The van der Waals surface area contributed by atoms with Gasteiger partial charge in [0.05, 0.1) is 27.6 Å². The maximum absolute atomic E-state index is 14.4. The number of Topliss-reactive ketones (excluding diaryl/α,β-unsaturated/α-hetero) is 5. The van der Waals surface area contributed by atoms with Crippen molar-refractivity contribution in [3.63, 3.8) is 0 Å². The van der Waals surface area contributed by atoms with Crippen LogP contribution in [0, 0.1) is 45.3 Å². The monoisotopic (exact) mass is 650 g/mol. The highest BCUT2D eigenvalue weighted by molar-refractivity contribution is 6.20. The maximum Gasteiger partial charge on any atom is 0.230 e. The molecule has 1 aromatic carbocycles. The number of rotatable bonds is 4. The molecule has 1 aromatic rings. The number of phenolic OH excluding ortho intramolecular Hbond substituents is 1. The van der Waals surface area contributed by atoms with Gasteiger partial charge in [-0.3, -0.25) is 24.0 Å². The van der Waals surface area contributed by atoms with E-state index in [1.807, 2.05) is 27.7 Å². The van der Waals surface area contributed by atoms with Crippen LogP contribution in [0.3, 0.4) is 0 Å². The van der Waals surface area contributed by atoms with E-state index in [1.54, 1.807) is 55.4 Å². The molecule has 9 nitrogen and oxygen atoms in total. The fourth-order valence-corrected chi connectivity index (χ4v) is 8.85. The molecule has 4 unspecified atom stereocenters. The van der Waals surface area contributed by atoms with E-state index in [0.29, 0.717) is 5.56 Å². The van der Waals surface area contributed by atoms with Crippen LogP contribution < -0.4 is 9.47 Å².